The molecule has 2 aromatic carbocycles. The van der Waals surface area contributed by atoms with Crippen molar-refractivity contribution in [3.63, 3.8) is 0 Å². The third kappa shape index (κ3) is 3.14. The minimum Gasteiger partial charge on any atom is -0.342 e. The molecule has 0 bridgehead atoms. The standard InChI is InChI=1S/C21H21ClN4O2/c1-13-5-3-4-6-17(13)26-20(28)18(24-14(2)27)19(25-12-11-23-21(25)26)15-7-9-16(22)10-8-15/h3-10,18-19H,11-12H2,1-2H3,(H,24,27)/t18-,19+/m1/s1. The Kier molecular flexibility index (Phi) is 4.81. The molecule has 0 saturated carbocycles. The van der Waals surface area contributed by atoms with E-state index in [-0.39, 0.29) is 17.9 Å². The van der Waals surface area contributed by atoms with Crippen LogP contribution in [0.5, 0.6) is 0 Å². The largest absolute Gasteiger partial charge is 0.342 e. The highest BCUT2D eigenvalue weighted by atomic mass is 35.5. The van der Waals surface area contributed by atoms with Crippen LogP contribution in [-0.2, 0) is 9.59 Å². The molecule has 2 aliphatic rings. The van der Waals surface area contributed by atoms with E-state index in [1.165, 1.54) is 6.92 Å². The van der Waals surface area contributed by atoms with Gasteiger partial charge < -0.3 is 10.2 Å². The predicted molar refractivity (Wildman–Crippen MR) is 109 cm³/mol. The van der Waals surface area contributed by atoms with E-state index < -0.39 is 6.04 Å². The van der Waals surface area contributed by atoms with Gasteiger partial charge in [0.25, 0.3) is 5.91 Å². The summed E-state index contributed by atoms with van der Waals surface area (Å²) in [5, 5.41) is 3.49. The number of nitrogens with zero attached hydrogens (tertiary/aromatic N) is 3. The van der Waals surface area contributed by atoms with Gasteiger partial charge in [-0.2, -0.15) is 0 Å². The molecule has 0 unspecified atom stereocenters. The van der Waals surface area contributed by atoms with Crippen molar-refractivity contribution in [3.8, 4) is 0 Å². The molecule has 1 N–H and O–H groups in total. The van der Waals surface area contributed by atoms with Gasteiger partial charge in [0, 0.05) is 18.5 Å². The number of para-hydroxylation sites is 1. The van der Waals surface area contributed by atoms with Gasteiger partial charge in [-0.05, 0) is 36.2 Å². The Labute approximate surface area is 168 Å². The summed E-state index contributed by atoms with van der Waals surface area (Å²) in [7, 11) is 0. The van der Waals surface area contributed by atoms with Crippen molar-refractivity contribution >= 4 is 35.1 Å². The topological polar surface area (TPSA) is 65.0 Å². The van der Waals surface area contributed by atoms with Gasteiger partial charge in [-0.3, -0.25) is 14.6 Å². The number of halogens is 1. The summed E-state index contributed by atoms with van der Waals surface area (Å²) in [6.07, 6.45) is 0. The lowest BCUT2D eigenvalue weighted by molar-refractivity contribution is -0.128. The Bertz CT molecular complexity index is 957. The Morgan fingerprint density at radius 3 is 2.57 bits per heavy atom. The molecule has 144 valence electrons. The zero-order chi connectivity index (χ0) is 19.8. The Hall–Kier alpha value is -2.86. The predicted octanol–water partition coefficient (Wildman–Crippen LogP) is 2.91. The van der Waals surface area contributed by atoms with E-state index in [2.05, 4.69) is 15.2 Å². The van der Waals surface area contributed by atoms with Crippen molar-refractivity contribution < 1.29 is 9.59 Å². The number of anilines is 1. The summed E-state index contributed by atoms with van der Waals surface area (Å²) in [4.78, 5) is 33.9. The zero-order valence-corrected chi connectivity index (χ0v) is 16.5. The van der Waals surface area contributed by atoms with Crippen LogP contribution in [0.15, 0.2) is 53.5 Å². The highest BCUT2D eigenvalue weighted by Crippen LogP contribution is 2.36. The number of hydrogen-bond acceptors (Lipinski definition) is 4. The van der Waals surface area contributed by atoms with Gasteiger partial charge in [-0.15, -0.1) is 0 Å². The maximum atomic E-state index is 13.6. The summed E-state index contributed by atoms with van der Waals surface area (Å²) >= 11 is 6.05. The van der Waals surface area contributed by atoms with Gasteiger partial charge in [-0.1, -0.05) is 41.9 Å². The number of fused-ring (bicyclic) bond motifs is 1. The summed E-state index contributed by atoms with van der Waals surface area (Å²) < 4.78 is 0. The van der Waals surface area contributed by atoms with Crippen molar-refractivity contribution in [1.82, 2.24) is 10.2 Å². The van der Waals surface area contributed by atoms with Crippen LogP contribution in [0.4, 0.5) is 5.69 Å². The molecule has 1 fully saturated rings. The smallest absolute Gasteiger partial charge is 0.258 e. The van der Waals surface area contributed by atoms with E-state index in [9.17, 15) is 9.59 Å². The Morgan fingerprint density at radius 2 is 1.89 bits per heavy atom. The number of rotatable bonds is 3. The maximum absolute atomic E-state index is 13.6. The van der Waals surface area contributed by atoms with Crippen molar-refractivity contribution in [2.45, 2.75) is 25.9 Å². The van der Waals surface area contributed by atoms with E-state index in [0.717, 1.165) is 16.8 Å². The second-order valence-electron chi connectivity index (χ2n) is 7.01. The average molecular weight is 397 g/mol. The molecular weight excluding hydrogens is 376 g/mol. The van der Waals surface area contributed by atoms with Gasteiger partial charge in [0.15, 0.2) is 0 Å². The second-order valence-corrected chi connectivity index (χ2v) is 7.45. The number of aryl methyl sites for hydroxylation is 1. The van der Waals surface area contributed by atoms with Gasteiger partial charge in [0.2, 0.25) is 11.9 Å². The molecule has 2 aromatic rings. The van der Waals surface area contributed by atoms with Crippen molar-refractivity contribution in [1.29, 1.82) is 0 Å². The Balaban J connectivity index is 1.83. The molecule has 28 heavy (non-hydrogen) atoms. The fourth-order valence-electron chi connectivity index (χ4n) is 3.90. The van der Waals surface area contributed by atoms with E-state index >= 15 is 0 Å². The van der Waals surface area contributed by atoms with Crippen LogP contribution in [0.2, 0.25) is 5.02 Å². The number of hydrogen-bond donors (Lipinski definition) is 1. The zero-order valence-electron chi connectivity index (χ0n) is 15.7. The highest BCUT2D eigenvalue weighted by Gasteiger charge is 2.48. The van der Waals surface area contributed by atoms with Crippen molar-refractivity contribution in [2.24, 2.45) is 4.99 Å². The summed E-state index contributed by atoms with van der Waals surface area (Å²) in [5.74, 6) is 0.184. The third-order valence-electron chi connectivity index (χ3n) is 5.12. The molecule has 0 radical (unpaired) electrons. The maximum Gasteiger partial charge on any atom is 0.258 e. The first-order chi connectivity index (χ1) is 13.5. The monoisotopic (exact) mass is 396 g/mol. The number of benzene rings is 2. The summed E-state index contributed by atoms with van der Waals surface area (Å²) in [6.45, 7) is 4.66. The number of aliphatic imine (C=N–C) groups is 1. The molecule has 2 atom stereocenters. The van der Waals surface area contributed by atoms with E-state index in [1.54, 1.807) is 17.0 Å². The van der Waals surface area contributed by atoms with Gasteiger partial charge in [0.1, 0.15) is 6.04 Å². The van der Waals surface area contributed by atoms with Gasteiger partial charge in [-0.25, -0.2) is 4.90 Å². The van der Waals surface area contributed by atoms with E-state index in [0.29, 0.717) is 24.1 Å². The van der Waals surface area contributed by atoms with Crippen LogP contribution < -0.4 is 10.2 Å². The molecule has 7 heteroatoms. The quantitative estimate of drug-likeness (QED) is 0.867. The van der Waals surface area contributed by atoms with Crippen LogP contribution in [0.1, 0.15) is 24.1 Å². The molecule has 6 nitrogen and oxygen atoms in total. The fraction of sp³-hybridized carbons (Fsp3) is 0.286. The second kappa shape index (κ2) is 7.28. The number of guanidine groups is 1. The first kappa shape index (κ1) is 18.5. The number of amides is 2. The molecule has 1 saturated heterocycles. The van der Waals surface area contributed by atoms with E-state index in [4.69, 9.17) is 11.6 Å². The first-order valence-electron chi connectivity index (χ1n) is 9.20. The molecule has 0 aliphatic carbocycles. The lowest BCUT2D eigenvalue weighted by atomic mass is 9.93. The normalized spacial score (nSPS) is 21.4. The lowest BCUT2D eigenvalue weighted by Gasteiger charge is -2.45. The van der Waals surface area contributed by atoms with Crippen LogP contribution in [0, 0.1) is 6.92 Å². The molecule has 0 aromatic heterocycles. The highest BCUT2D eigenvalue weighted by molar-refractivity contribution is 6.30. The minimum absolute atomic E-state index is 0.193. The molecule has 0 spiro atoms. The van der Waals surface area contributed by atoms with Crippen LogP contribution in [0.3, 0.4) is 0 Å². The van der Waals surface area contributed by atoms with Gasteiger partial charge >= 0.3 is 0 Å². The molecular formula is C21H21ClN4O2. The summed E-state index contributed by atoms with van der Waals surface area (Å²) in [5.41, 5.74) is 2.66. The van der Waals surface area contributed by atoms with E-state index in [1.807, 2.05) is 43.3 Å². The number of carbonyl (C=O) groups is 2. The lowest BCUT2D eigenvalue weighted by Crippen LogP contribution is -2.64. The molecule has 2 amide bonds. The van der Waals surface area contributed by atoms with Crippen LogP contribution >= 0.6 is 11.6 Å². The SMILES string of the molecule is CC(=O)N[C@H]1C(=O)N(c2ccccc2C)C2=NCCN2[C@H]1c1ccc(Cl)cc1. The number of carbonyl (C=O) groups excluding carboxylic acids is 2. The van der Waals surface area contributed by atoms with Gasteiger partial charge in [0.05, 0.1) is 18.3 Å². The fourth-order valence-corrected chi connectivity index (χ4v) is 4.02. The van der Waals surface area contributed by atoms with Crippen molar-refractivity contribution in [3.05, 3.63) is 64.7 Å². The van der Waals surface area contributed by atoms with Crippen LogP contribution in [-0.4, -0.2) is 41.8 Å². The first-order valence-corrected chi connectivity index (χ1v) is 9.58. The average Bonchev–Trinajstić information content (AvgIpc) is 3.13. The summed E-state index contributed by atoms with van der Waals surface area (Å²) in [6, 6.07) is 14.0. The third-order valence-corrected chi connectivity index (χ3v) is 5.37. The molecule has 4 rings (SSSR count). The Morgan fingerprint density at radius 1 is 1.18 bits per heavy atom. The van der Waals surface area contributed by atoms with Crippen molar-refractivity contribution in [2.75, 3.05) is 18.0 Å². The minimum atomic E-state index is -0.727. The molecule has 2 heterocycles. The number of nitrogens with one attached hydrogen (secondary N) is 1. The molecule has 2 aliphatic heterocycles. The van der Waals surface area contributed by atoms with Crippen LogP contribution in [0.25, 0.3) is 0 Å².